The molecule has 2 aromatic carbocycles. The van der Waals surface area contributed by atoms with Crippen LogP contribution in [-0.4, -0.2) is 95.6 Å². The molecule has 0 radical (unpaired) electrons. The van der Waals surface area contributed by atoms with Gasteiger partial charge >= 0.3 is 0 Å². The molecular formula is C28H40N4O5S. The van der Waals surface area contributed by atoms with Crippen molar-refractivity contribution in [3.63, 3.8) is 0 Å². The Morgan fingerprint density at radius 1 is 0.947 bits per heavy atom. The molecule has 10 heteroatoms. The monoisotopic (exact) mass is 544 g/mol. The standard InChI is InChI=1S/C27H36N4O2.CH4O3S/c1-20-3-10-26(31-13-11-29(2)12-14-31)25-19-22(6-9-24(20)25)28-27(32)21-4-7-23(8-5-21)30-15-17-33-18-16-30;1-5(2,3)4/h3-5,7-8,10,22H,6,9,11-19H2,1-2H3,(H,28,32);1H3,(H,2,3,4)/t22-;/m1./s1. The highest BCUT2D eigenvalue weighted by molar-refractivity contribution is 7.85. The lowest BCUT2D eigenvalue weighted by Gasteiger charge is -2.37. The highest BCUT2D eigenvalue weighted by Gasteiger charge is 2.27. The van der Waals surface area contributed by atoms with Crippen LogP contribution >= 0.6 is 0 Å². The summed E-state index contributed by atoms with van der Waals surface area (Å²) < 4.78 is 31.3. The minimum Gasteiger partial charge on any atom is -0.378 e. The molecule has 0 saturated carbocycles. The molecule has 1 atom stereocenters. The van der Waals surface area contributed by atoms with Crippen LogP contribution in [0.3, 0.4) is 0 Å². The molecule has 208 valence electrons. The summed E-state index contributed by atoms with van der Waals surface area (Å²) >= 11 is 0. The number of carbonyl (C=O) groups excluding carboxylic acids is 1. The summed E-state index contributed by atoms with van der Waals surface area (Å²) in [7, 11) is -1.47. The molecule has 2 aromatic rings. The molecule has 0 bridgehead atoms. The van der Waals surface area contributed by atoms with Crippen molar-refractivity contribution >= 4 is 27.4 Å². The third-order valence-corrected chi connectivity index (χ3v) is 7.52. The minimum atomic E-state index is -3.67. The third kappa shape index (κ3) is 7.69. The molecule has 5 rings (SSSR count). The average Bonchev–Trinajstić information content (AvgIpc) is 2.89. The summed E-state index contributed by atoms with van der Waals surface area (Å²) in [5.41, 5.74) is 7.59. The maximum absolute atomic E-state index is 13.0. The van der Waals surface area contributed by atoms with E-state index in [1.807, 2.05) is 12.1 Å². The van der Waals surface area contributed by atoms with Gasteiger partial charge in [0.1, 0.15) is 0 Å². The Morgan fingerprint density at radius 2 is 1.58 bits per heavy atom. The first kappa shape index (κ1) is 28.4. The van der Waals surface area contributed by atoms with Crippen LogP contribution in [0.1, 0.15) is 33.5 Å². The molecule has 9 nitrogen and oxygen atoms in total. The van der Waals surface area contributed by atoms with E-state index in [9.17, 15) is 13.2 Å². The summed E-state index contributed by atoms with van der Waals surface area (Å²) in [6.07, 6.45) is 3.66. The van der Waals surface area contributed by atoms with Crippen LogP contribution in [0, 0.1) is 6.92 Å². The van der Waals surface area contributed by atoms with Crippen LogP contribution < -0.4 is 15.1 Å². The number of hydrogen-bond donors (Lipinski definition) is 2. The normalized spacial score (nSPS) is 20.3. The Labute approximate surface area is 226 Å². The molecule has 38 heavy (non-hydrogen) atoms. The fraction of sp³-hybridized carbons (Fsp3) is 0.536. The van der Waals surface area contributed by atoms with E-state index in [1.165, 1.54) is 22.4 Å². The SMILES string of the molecule is CS(=O)(=O)O.Cc1ccc(N2CCN(C)CC2)c2c1CC[C@@H](NC(=O)c1ccc(N3CCOCC3)cc1)C2. The Morgan fingerprint density at radius 3 is 2.21 bits per heavy atom. The van der Waals surface area contributed by atoms with Gasteiger partial charge in [0.25, 0.3) is 16.0 Å². The maximum Gasteiger partial charge on any atom is 0.261 e. The van der Waals surface area contributed by atoms with Crippen LogP contribution in [0.2, 0.25) is 0 Å². The van der Waals surface area contributed by atoms with Gasteiger partial charge in [-0.25, -0.2) is 0 Å². The summed E-state index contributed by atoms with van der Waals surface area (Å²) in [4.78, 5) is 20.3. The van der Waals surface area contributed by atoms with E-state index in [-0.39, 0.29) is 11.9 Å². The fourth-order valence-corrected chi connectivity index (χ4v) is 5.42. The first-order chi connectivity index (χ1) is 18.1. The first-order valence-electron chi connectivity index (χ1n) is 13.3. The number of nitrogens with one attached hydrogen (secondary N) is 1. The number of morpholine rings is 1. The van der Waals surface area contributed by atoms with Crippen molar-refractivity contribution in [3.8, 4) is 0 Å². The van der Waals surface area contributed by atoms with Gasteiger partial charge in [-0.2, -0.15) is 8.42 Å². The van der Waals surface area contributed by atoms with Gasteiger partial charge < -0.3 is 24.8 Å². The largest absolute Gasteiger partial charge is 0.378 e. The zero-order chi connectivity index (χ0) is 27.3. The predicted octanol–water partition coefficient (Wildman–Crippen LogP) is 2.37. The van der Waals surface area contributed by atoms with E-state index in [1.54, 1.807) is 0 Å². The van der Waals surface area contributed by atoms with E-state index in [4.69, 9.17) is 9.29 Å². The number of rotatable bonds is 4. The van der Waals surface area contributed by atoms with Crippen molar-refractivity contribution in [2.75, 3.05) is 75.6 Å². The Bertz CT molecular complexity index is 1200. The van der Waals surface area contributed by atoms with Gasteiger partial charge in [-0.1, -0.05) is 6.07 Å². The van der Waals surface area contributed by atoms with Crippen molar-refractivity contribution in [1.29, 1.82) is 0 Å². The number of ether oxygens (including phenoxy) is 1. The van der Waals surface area contributed by atoms with Crippen LogP contribution in [0.4, 0.5) is 11.4 Å². The van der Waals surface area contributed by atoms with Gasteiger partial charge in [0, 0.05) is 62.2 Å². The topological polar surface area (TPSA) is 102 Å². The van der Waals surface area contributed by atoms with Crippen LogP contribution in [0.25, 0.3) is 0 Å². The van der Waals surface area contributed by atoms with E-state index in [0.29, 0.717) is 6.26 Å². The molecule has 0 aromatic heterocycles. The van der Waals surface area contributed by atoms with Crippen LogP contribution in [-0.2, 0) is 27.7 Å². The molecule has 3 aliphatic rings. The van der Waals surface area contributed by atoms with Gasteiger partial charge in [0.05, 0.1) is 19.5 Å². The lowest BCUT2D eigenvalue weighted by Crippen LogP contribution is -2.45. The van der Waals surface area contributed by atoms with Gasteiger partial charge in [-0.05, 0) is 80.3 Å². The van der Waals surface area contributed by atoms with Crippen molar-refractivity contribution < 1.29 is 22.5 Å². The number of piperazine rings is 1. The molecule has 1 amide bonds. The summed E-state index contributed by atoms with van der Waals surface area (Å²) in [5.74, 6) is 0.0331. The van der Waals surface area contributed by atoms with E-state index < -0.39 is 10.1 Å². The summed E-state index contributed by atoms with van der Waals surface area (Å²) in [6.45, 7) is 9.90. The number of hydrogen-bond acceptors (Lipinski definition) is 7. The van der Waals surface area contributed by atoms with E-state index >= 15 is 0 Å². The Kier molecular flexibility index (Phi) is 9.30. The second kappa shape index (κ2) is 12.5. The van der Waals surface area contributed by atoms with Crippen molar-refractivity contribution in [2.45, 2.75) is 32.2 Å². The molecule has 0 spiro atoms. The third-order valence-electron chi connectivity index (χ3n) is 7.52. The fourth-order valence-electron chi connectivity index (χ4n) is 5.42. The number of amides is 1. The Balaban J connectivity index is 0.000000617. The average molecular weight is 545 g/mol. The smallest absolute Gasteiger partial charge is 0.261 e. The molecule has 2 aliphatic heterocycles. The van der Waals surface area contributed by atoms with Crippen LogP contribution in [0.5, 0.6) is 0 Å². The number of likely N-dealkylation sites (N-methyl/N-ethyl adjacent to an activating group) is 1. The van der Waals surface area contributed by atoms with Crippen molar-refractivity contribution in [1.82, 2.24) is 10.2 Å². The van der Waals surface area contributed by atoms with E-state index in [0.717, 1.165) is 83.0 Å². The van der Waals surface area contributed by atoms with Gasteiger partial charge in [0.2, 0.25) is 0 Å². The number of benzene rings is 2. The number of anilines is 2. The molecule has 2 fully saturated rings. The molecular weight excluding hydrogens is 504 g/mol. The molecule has 1 aliphatic carbocycles. The van der Waals surface area contributed by atoms with Gasteiger partial charge in [-0.3, -0.25) is 9.35 Å². The lowest BCUT2D eigenvalue weighted by molar-refractivity contribution is 0.0933. The predicted molar refractivity (Wildman–Crippen MR) is 151 cm³/mol. The Hall–Kier alpha value is -2.66. The van der Waals surface area contributed by atoms with Crippen LogP contribution in [0.15, 0.2) is 36.4 Å². The molecule has 2 N–H and O–H groups in total. The molecule has 2 saturated heterocycles. The lowest BCUT2D eigenvalue weighted by atomic mass is 9.84. The van der Waals surface area contributed by atoms with Gasteiger partial charge in [0.15, 0.2) is 0 Å². The van der Waals surface area contributed by atoms with E-state index in [2.05, 4.69) is 58.3 Å². The number of fused-ring (bicyclic) bond motifs is 1. The molecule has 2 heterocycles. The van der Waals surface area contributed by atoms with Gasteiger partial charge in [-0.15, -0.1) is 0 Å². The second-order valence-electron chi connectivity index (χ2n) is 10.4. The first-order valence-corrected chi connectivity index (χ1v) is 15.1. The van der Waals surface area contributed by atoms with Crippen molar-refractivity contribution in [2.24, 2.45) is 0 Å². The molecule has 0 unspecified atom stereocenters. The zero-order valence-corrected chi connectivity index (χ0v) is 23.5. The highest BCUT2D eigenvalue weighted by atomic mass is 32.2. The quantitative estimate of drug-likeness (QED) is 0.566. The highest BCUT2D eigenvalue weighted by Crippen LogP contribution is 2.33. The summed E-state index contributed by atoms with van der Waals surface area (Å²) in [5, 5.41) is 3.33. The minimum absolute atomic E-state index is 0.0331. The number of nitrogens with zero attached hydrogens (tertiary/aromatic N) is 3. The summed E-state index contributed by atoms with van der Waals surface area (Å²) in [6, 6.07) is 12.8. The second-order valence-corrected chi connectivity index (χ2v) is 11.9. The number of carbonyl (C=O) groups is 1. The maximum atomic E-state index is 13.0. The number of aryl methyl sites for hydroxylation is 1. The zero-order valence-electron chi connectivity index (χ0n) is 22.6. The van der Waals surface area contributed by atoms with Crippen molar-refractivity contribution in [3.05, 3.63) is 58.7 Å².